The molecule has 0 radical (unpaired) electrons. The summed E-state index contributed by atoms with van der Waals surface area (Å²) in [6, 6.07) is 0. The molecule has 2 rings (SSSR count). The minimum atomic E-state index is 0.829. The molecule has 0 aromatic heterocycles. The highest BCUT2D eigenvalue weighted by molar-refractivity contribution is 5.14. The van der Waals surface area contributed by atoms with Crippen LogP contribution in [0.1, 0.15) is 51.4 Å². The van der Waals surface area contributed by atoms with Crippen LogP contribution in [0.15, 0.2) is 24.4 Å². The van der Waals surface area contributed by atoms with Crippen molar-refractivity contribution in [3.63, 3.8) is 0 Å². The molecule has 0 amide bonds. The van der Waals surface area contributed by atoms with E-state index in [1.165, 1.54) is 70.2 Å². The topological polar surface area (TPSA) is 3.24 Å². The van der Waals surface area contributed by atoms with E-state index in [4.69, 9.17) is 0 Å². The van der Waals surface area contributed by atoms with Gasteiger partial charge in [-0.2, -0.15) is 0 Å². The molecule has 1 aliphatic heterocycles. The van der Waals surface area contributed by atoms with E-state index in [9.17, 15) is 0 Å². The van der Waals surface area contributed by atoms with Gasteiger partial charge < -0.3 is 4.90 Å². The van der Waals surface area contributed by atoms with Crippen LogP contribution in [-0.4, -0.2) is 18.0 Å². The first-order chi connectivity index (χ1) is 7.86. The second-order valence-corrected chi connectivity index (χ2v) is 5.30. The fourth-order valence-electron chi connectivity index (χ4n) is 2.86. The Bertz CT molecular complexity index is 242. The third kappa shape index (κ3) is 3.40. The van der Waals surface area contributed by atoms with Crippen molar-refractivity contribution in [1.29, 1.82) is 0 Å². The van der Waals surface area contributed by atoms with Crippen molar-refractivity contribution in [2.24, 2.45) is 5.92 Å². The van der Waals surface area contributed by atoms with Gasteiger partial charge in [0.2, 0.25) is 0 Å². The van der Waals surface area contributed by atoms with Gasteiger partial charge in [0.05, 0.1) is 0 Å². The van der Waals surface area contributed by atoms with Crippen molar-refractivity contribution in [3.8, 4) is 0 Å². The number of hydrogen-bond donors (Lipinski definition) is 0. The number of nitrogens with zero attached hydrogens (tertiary/aromatic N) is 1. The average Bonchev–Trinajstić information content (AvgIpc) is 2.38. The van der Waals surface area contributed by atoms with Crippen LogP contribution in [-0.2, 0) is 0 Å². The molecular formula is C15H25N. The highest BCUT2D eigenvalue weighted by Crippen LogP contribution is 2.25. The van der Waals surface area contributed by atoms with Gasteiger partial charge in [-0.25, -0.2) is 0 Å². The monoisotopic (exact) mass is 219 g/mol. The number of rotatable bonds is 3. The first-order valence-corrected chi connectivity index (χ1v) is 6.98. The normalized spacial score (nSPS) is 23.9. The predicted molar refractivity (Wildman–Crippen MR) is 70.3 cm³/mol. The van der Waals surface area contributed by atoms with Crippen molar-refractivity contribution in [2.75, 3.05) is 13.1 Å². The molecule has 1 saturated heterocycles. The zero-order valence-corrected chi connectivity index (χ0v) is 10.5. The lowest BCUT2D eigenvalue weighted by molar-refractivity contribution is 0.293. The molecule has 16 heavy (non-hydrogen) atoms. The maximum atomic E-state index is 4.20. The second kappa shape index (κ2) is 6.12. The standard InChI is InChI=1S/C15H25N/c1-14(16-12-6-3-7-13-16)10-11-15-8-4-2-5-9-15/h10-11,15H,1-9,12-13H2/b11-10+. The van der Waals surface area contributed by atoms with E-state index < -0.39 is 0 Å². The van der Waals surface area contributed by atoms with E-state index in [-0.39, 0.29) is 0 Å². The highest BCUT2D eigenvalue weighted by atomic mass is 15.1. The summed E-state index contributed by atoms with van der Waals surface area (Å²) in [6.07, 6.45) is 15.8. The van der Waals surface area contributed by atoms with Crippen molar-refractivity contribution in [3.05, 3.63) is 24.4 Å². The van der Waals surface area contributed by atoms with Gasteiger partial charge in [-0.1, -0.05) is 31.9 Å². The van der Waals surface area contributed by atoms with E-state index in [1.807, 2.05) is 0 Å². The summed E-state index contributed by atoms with van der Waals surface area (Å²) >= 11 is 0. The van der Waals surface area contributed by atoms with Crippen LogP contribution in [0, 0.1) is 5.92 Å². The van der Waals surface area contributed by atoms with E-state index >= 15 is 0 Å². The molecule has 1 saturated carbocycles. The van der Waals surface area contributed by atoms with E-state index in [1.54, 1.807) is 0 Å². The Kier molecular flexibility index (Phi) is 4.50. The average molecular weight is 219 g/mol. The summed E-state index contributed by atoms with van der Waals surface area (Å²) in [5, 5.41) is 0. The number of allylic oxidation sites excluding steroid dienone is 2. The molecule has 1 heteroatoms. The molecule has 1 aliphatic carbocycles. The van der Waals surface area contributed by atoms with Crippen LogP contribution in [0.2, 0.25) is 0 Å². The van der Waals surface area contributed by atoms with E-state index in [0.29, 0.717) is 0 Å². The van der Waals surface area contributed by atoms with Gasteiger partial charge in [-0.3, -0.25) is 0 Å². The van der Waals surface area contributed by atoms with Crippen LogP contribution in [0.3, 0.4) is 0 Å². The van der Waals surface area contributed by atoms with Gasteiger partial charge in [0.15, 0.2) is 0 Å². The maximum Gasteiger partial charge on any atom is 0.0290 e. The van der Waals surface area contributed by atoms with Gasteiger partial charge >= 0.3 is 0 Å². The first-order valence-electron chi connectivity index (χ1n) is 6.98. The van der Waals surface area contributed by atoms with E-state index in [2.05, 4.69) is 23.6 Å². The maximum absolute atomic E-state index is 4.20. The molecule has 2 aliphatic rings. The van der Waals surface area contributed by atoms with Gasteiger partial charge in [-0.05, 0) is 44.1 Å². The van der Waals surface area contributed by atoms with Gasteiger partial charge in [0.1, 0.15) is 0 Å². The molecule has 0 atom stereocenters. The van der Waals surface area contributed by atoms with Crippen LogP contribution < -0.4 is 0 Å². The molecule has 1 nitrogen and oxygen atoms in total. The van der Waals surface area contributed by atoms with Crippen molar-refractivity contribution in [2.45, 2.75) is 51.4 Å². The Hall–Kier alpha value is -0.720. The zero-order valence-electron chi connectivity index (χ0n) is 10.5. The Morgan fingerprint density at radius 3 is 2.25 bits per heavy atom. The van der Waals surface area contributed by atoms with Crippen LogP contribution in [0.25, 0.3) is 0 Å². The van der Waals surface area contributed by atoms with Crippen LogP contribution in [0.4, 0.5) is 0 Å². The Morgan fingerprint density at radius 1 is 0.938 bits per heavy atom. The number of likely N-dealkylation sites (tertiary alicyclic amines) is 1. The lowest BCUT2D eigenvalue weighted by Gasteiger charge is -2.29. The first kappa shape index (κ1) is 11.8. The highest BCUT2D eigenvalue weighted by Gasteiger charge is 2.12. The Balaban J connectivity index is 1.78. The molecule has 90 valence electrons. The minimum absolute atomic E-state index is 0.829. The van der Waals surface area contributed by atoms with Crippen molar-refractivity contribution < 1.29 is 0 Å². The summed E-state index contributed by atoms with van der Waals surface area (Å²) in [5.41, 5.74) is 1.24. The van der Waals surface area contributed by atoms with Crippen LogP contribution in [0.5, 0.6) is 0 Å². The number of piperidine rings is 1. The summed E-state index contributed by atoms with van der Waals surface area (Å²) in [7, 11) is 0. The zero-order chi connectivity index (χ0) is 11.2. The molecule has 0 N–H and O–H groups in total. The summed E-state index contributed by atoms with van der Waals surface area (Å²) in [5.74, 6) is 0.829. The molecule has 0 aromatic carbocycles. The van der Waals surface area contributed by atoms with Crippen LogP contribution >= 0.6 is 0 Å². The SMILES string of the molecule is C=C(/C=C/C1CCCCC1)N1CCCCC1. The molecule has 0 spiro atoms. The Labute approximate surface area is 100 Å². The summed E-state index contributed by atoms with van der Waals surface area (Å²) < 4.78 is 0. The number of hydrogen-bond acceptors (Lipinski definition) is 1. The molecule has 0 bridgehead atoms. The molecule has 1 heterocycles. The lowest BCUT2D eigenvalue weighted by atomic mass is 9.89. The summed E-state index contributed by atoms with van der Waals surface area (Å²) in [6.45, 7) is 6.63. The second-order valence-electron chi connectivity index (χ2n) is 5.30. The van der Waals surface area contributed by atoms with Gasteiger partial charge in [0.25, 0.3) is 0 Å². The fourth-order valence-corrected chi connectivity index (χ4v) is 2.86. The predicted octanol–water partition coefficient (Wildman–Crippen LogP) is 4.12. The fraction of sp³-hybridized carbons (Fsp3) is 0.733. The quantitative estimate of drug-likeness (QED) is 0.645. The third-order valence-corrected chi connectivity index (χ3v) is 3.97. The van der Waals surface area contributed by atoms with E-state index in [0.717, 1.165) is 5.92 Å². The van der Waals surface area contributed by atoms with Crippen molar-refractivity contribution in [1.82, 2.24) is 4.90 Å². The smallest absolute Gasteiger partial charge is 0.0290 e. The Morgan fingerprint density at radius 2 is 1.56 bits per heavy atom. The molecule has 0 aromatic rings. The van der Waals surface area contributed by atoms with Gasteiger partial charge in [-0.15, -0.1) is 0 Å². The minimum Gasteiger partial charge on any atom is -0.372 e. The van der Waals surface area contributed by atoms with Gasteiger partial charge in [0, 0.05) is 18.8 Å². The lowest BCUT2D eigenvalue weighted by Crippen LogP contribution is -2.27. The largest absolute Gasteiger partial charge is 0.372 e. The van der Waals surface area contributed by atoms with Crippen molar-refractivity contribution >= 4 is 0 Å². The molecule has 0 unspecified atom stereocenters. The molecular weight excluding hydrogens is 194 g/mol. The molecule has 2 fully saturated rings. The third-order valence-electron chi connectivity index (χ3n) is 3.97. The summed E-state index contributed by atoms with van der Waals surface area (Å²) in [4.78, 5) is 2.45.